The van der Waals surface area contributed by atoms with Crippen molar-refractivity contribution >= 4 is 40.5 Å². The number of amides is 1. The molecule has 1 aliphatic rings. The van der Waals surface area contributed by atoms with Crippen LogP contribution in [-0.2, 0) is 11.2 Å². The van der Waals surface area contributed by atoms with Gasteiger partial charge in [0, 0.05) is 29.6 Å². The van der Waals surface area contributed by atoms with Crippen LogP contribution in [-0.4, -0.2) is 39.2 Å². The van der Waals surface area contributed by atoms with Gasteiger partial charge in [-0.05, 0) is 37.6 Å². The number of hydrogen-bond acceptors (Lipinski definition) is 8. The van der Waals surface area contributed by atoms with E-state index in [2.05, 4.69) is 15.2 Å². The van der Waals surface area contributed by atoms with Gasteiger partial charge in [0.15, 0.2) is 5.78 Å². The average molecular weight is 415 g/mol. The van der Waals surface area contributed by atoms with Crippen molar-refractivity contribution in [3.63, 3.8) is 0 Å². The Bertz CT molecular complexity index is 997. The molecular formula is C19H18N4O3S2. The van der Waals surface area contributed by atoms with Gasteiger partial charge in [0.1, 0.15) is 0 Å². The normalized spacial score (nSPS) is 14.0. The Morgan fingerprint density at radius 3 is 2.79 bits per heavy atom. The summed E-state index contributed by atoms with van der Waals surface area (Å²) in [6.07, 6.45) is 1.96. The Kier molecular flexibility index (Phi) is 5.54. The summed E-state index contributed by atoms with van der Waals surface area (Å²) in [5, 5.41) is 11.3. The molecule has 9 heteroatoms. The van der Waals surface area contributed by atoms with Crippen molar-refractivity contribution in [2.45, 2.75) is 31.4 Å². The molecule has 1 aliphatic heterocycles. The summed E-state index contributed by atoms with van der Waals surface area (Å²) in [7, 11) is 0. The molecule has 1 aromatic carbocycles. The molecule has 0 atom stereocenters. The van der Waals surface area contributed by atoms with E-state index < -0.39 is 0 Å². The molecule has 3 aromatic rings. The van der Waals surface area contributed by atoms with Crippen molar-refractivity contribution in [3.8, 4) is 0 Å². The number of nitrogens with zero attached hydrogens (tertiary/aromatic N) is 4. The highest BCUT2D eigenvalue weighted by Gasteiger charge is 2.21. The number of thiazole rings is 1. The van der Waals surface area contributed by atoms with Gasteiger partial charge in [0.25, 0.3) is 5.22 Å². The standard InChI is InChI=1S/C19H18N4O3S2/c1-12-20-14(10-27-12)9-17-21-22-19(26-17)28-11-16(24)13-4-6-15(7-5-13)23-8-2-3-18(23)25/h4-7,10H,2-3,8-9,11H2,1H3. The summed E-state index contributed by atoms with van der Waals surface area (Å²) < 4.78 is 5.59. The fourth-order valence-corrected chi connectivity index (χ4v) is 4.26. The Balaban J connectivity index is 1.32. The molecule has 1 fully saturated rings. The molecule has 0 unspecified atom stereocenters. The fourth-order valence-electron chi connectivity index (χ4n) is 2.97. The van der Waals surface area contributed by atoms with Gasteiger partial charge in [-0.2, -0.15) is 0 Å². The number of Topliss-reactive ketones (excluding diaryl/α,β-unsaturated/α-hetero) is 1. The van der Waals surface area contributed by atoms with E-state index >= 15 is 0 Å². The largest absolute Gasteiger partial charge is 0.416 e. The maximum atomic E-state index is 12.4. The Hall–Kier alpha value is -2.52. The summed E-state index contributed by atoms with van der Waals surface area (Å²) in [6.45, 7) is 2.69. The second-order valence-corrected chi connectivity index (χ2v) is 8.39. The number of ketones is 1. The number of hydrogen-bond donors (Lipinski definition) is 0. The summed E-state index contributed by atoms with van der Waals surface area (Å²) in [5.74, 6) is 0.799. The molecule has 4 rings (SSSR count). The van der Waals surface area contributed by atoms with Gasteiger partial charge in [-0.3, -0.25) is 9.59 Å². The average Bonchev–Trinajstić information content (AvgIpc) is 3.42. The van der Waals surface area contributed by atoms with Crippen molar-refractivity contribution in [2.24, 2.45) is 0 Å². The second-order valence-electron chi connectivity index (χ2n) is 6.40. The number of carbonyl (C=O) groups is 2. The van der Waals surface area contributed by atoms with E-state index in [0.717, 1.165) is 29.4 Å². The Morgan fingerprint density at radius 1 is 1.29 bits per heavy atom. The van der Waals surface area contributed by atoms with Crippen LogP contribution in [0.2, 0.25) is 0 Å². The Morgan fingerprint density at radius 2 is 2.11 bits per heavy atom. The maximum Gasteiger partial charge on any atom is 0.277 e. The number of carbonyl (C=O) groups excluding carboxylic acids is 2. The van der Waals surface area contributed by atoms with E-state index in [0.29, 0.717) is 29.5 Å². The number of benzene rings is 1. The lowest BCUT2D eigenvalue weighted by Gasteiger charge is -2.15. The lowest BCUT2D eigenvalue weighted by Crippen LogP contribution is -2.23. The van der Waals surface area contributed by atoms with E-state index in [4.69, 9.17) is 4.42 Å². The maximum absolute atomic E-state index is 12.4. The van der Waals surface area contributed by atoms with Crippen LogP contribution in [0.1, 0.15) is 39.8 Å². The van der Waals surface area contributed by atoms with Crippen molar-refractivity contribution in [1.29, 1.82) is 0 Å². The molecular weight excluding hydrogens is 396 g/mol. The van der Waals surface area contributed by atoms with Crippen LogP contribution in [0.4, 0.5) is 5.69 Å². The number of aryl methyl sites for hydroxylation is 1. The third kappa shape index (κ3) is 4.31. The van der Waals surface area contributed by atoms with E-state index in [-0.39, 0.29) is 17.4 Å². The highest BCUT2D eigenvalue weighted by Crippen LogP contribution is 2.23. The fraction of sp³-hybridized carbons (Fsp3) is 0.316. The lowest BCUT2D eigenvalue weighted by atomic mass is 10.1. The highest BCUT2D eigenvalue weighted by atomic mass is 32.2. The van der Waals surface area contributed by atoms with Crippen LogP contribution < -0.4 is 4.90 Å². The SMILES string of the molecule is Cc1nc(Cc2nnc(SCC(=O)c3ccc(N4CCCC4=O)cc3)o2)cs1. The summed E-state index contributed by atoms with van der Waals surface area (Å²) in [4.78, 5) is 30.3. The van der Waals surface area contributed by atoms with E-state index in [1.165, 1.54) is 11.8 Å². The van der Waals surface area contributed by atoms with Gasteiger partial charge in [0.05, 0.1) is 22.9 Å². The number of thioether (sulfide) groups is 1. The monoisotopic (exact) mass is 414 g/mol. The number of rotatable bonds is 7. The van der Waals surface area contributed by atoms with Crippen molar-refractivity contribution in [1.82, 2.24) is 15.2 Å². The van der Waals surface area contributed by atoms with Crippen LogP contribution in [0.15, 0.2) is 39.3 Å². The smallest absolute Gasteiger partial charge is 0.277 e. The second kappa shape index (κ2) is 8.24. The number of anilines is 1. The zero-order valence-corrected chi connectivity index (χ0v) is 16.9. The summed E-state index contributed by atoms with van der Waals surface area (Å²) in [5.41, 5.74) is 2.33. The molecule has 0 radical (unpaired) electrons. The zero-order chi connectivity index (χ0) is 19.5. The van der Waals surface area contributed by atoms with Crippen LogP contribution in [0.5, 0.6) is 0 Å². The molecule has 3 heterocycles. The minimum Gasteiger partial charge on any atom is -0.416 e. The molecule has 0 aliphatic carbocycles. The predicted octanol–water partition coefficient (Wildman–Crippen LogP) is 3.53. The first-order valence-electron chi connectivity index (χ1n) is 8.88. The molecule has 1 saturated heterocycles. The molecule has 0 spiro atoms. The molecule has 7 nitrogen and oxygen atoms in total. The van der Waals surface area contributed by atoms with Crippen molar-refractivity contribution in [3.05, 3.63) is 51.8 Å². The molecule has 144 valence electrons. The summed E-state index contributed by atoms with van der Waals surface area (Å²) >= 11 is 2.80. The molecule has 0 saturated carbocycles. The zero-order valence-electron chi connectivity index (χ0n) is 15.3. The van der Waals surface area contributed by atoms with Crippen LogP contribution in [0.25, 0.3) is 0 Å². The minimum absolute atomic E-state index is 0.0285. The predicted molar refractivity (Wildman–Crippen MR) is 107 cm³/mol. The molecule has 1 amide bonds. The van der Waals surface area contributed by atoms with E-state index in [1.807, 2.05) is 24.4 Å². The topological polar surface area (TPSA) is 89.2 Å². The first-order chi connectivity index (χ1) is 13.6. The Labute approximate surface area is 170 Å². The third-order valence-electron chi connectivity index (χ3n) is 4.35. The highest BCUT2D eigenvalue weighted by molar-refractivity contribution is 7.99. The van der Waals surface area contributed by atoms with Gasteiger partial charge in [-0.15, -0.1) is 21.5 Å². The molecule has 0 N–H and O–H groups in total. The van der Waals surface area contributed by atoms with Crippen LogP contribution in [0, 0.1) is 6.92 Å². The summed E-state index contributed by atoms with van der Waals surface area (Å²) in [6, 6.07) is 7.16. The first-order valence-corrected chi connectivity index (χ1v) is 10.7. The number of aromatic nitrogens is 3. The van der Waals surface area contributed by atoms with Gasteiger partial charge in [-0.25, -0.2) is 4.98 Å². The minimum atomic E-state index is -0.0285. The van der Waals surface area contributed by atoms with Gasteiger partial charge >= 0.3 is 0 Å². The quantitative estimate of drug-likeness (QED) is 0.431. The van der Waals surface area contributed by atoms with Crippen molar-refractivity contribution in [2.75, 3.05) is 17.2 Å². The van der Waals surface area contributed by atoms with Crippen molar-refractivity contribution < 1.29 is 14.0 Å². The van der Waals surface area contributed by atoms with Gasteiger partial charge < -0.3 is 9.32 Å². The molecule has 28 heavy (non-hydrogen) atoms. The lowest BCUT2D eigenvalue weighted by molar-refractivity contribution is -0.117. The van der Waals surface area contributed by atoms with Gasteiger partial charge in [0.2, 0.25) is 11.8 Å². The van der Waals surface area contributed by atoms with E-state index in [9.17, 15) is 9.59 Å². The third-order valence-corrected chi connectivity index (χ3v) is 5.99. The van der Waals surface area contributed by atoms with E-state index in [1.54, 1.807) is 28.4 Å². The van der Waals surface area contributed by atoms with Gasteiger partial charge in [-0.1, -0.05) is 11.8 Å². The molecule has 2 aromatic heterocycles. The van der Waals surface area contributed by atoms with Crippen LogP contribution in [0.3, 0.4) is 0 Å². The molecule has 0 bridgehead atoms. The first kappa shape index (κ1) is 18.8. The van der Waals surface area contributed by atoms with Crippen LogP contribution >= 0.6 is 23.1 Å².